The molecule has 35 heavy (non-hydrogen) atoms. The van der Waals surface area contributed by atoms with Crippen molar-refractivity contribution in [2.45, 2.75) is 29.5 Å². The lowest BCUT2D eigenvalue weighted by atomic mass is 9.89. The van der Waals surface area contributed by atoms with Crippen LogP contribution in [0.2, 0.25) is 0 Å². The van der Waals surface area contributed by atoms with Crippen molar-refractivity contribution in [2.75, 3.05) is 43.0 Å². The Morgan fingerprint density at radius 1 is 1.17 bits per heavy atom. The van der Waals surface area contributed by atoms with Crippen LogP contribution in [-0.4, -0.2) is 59.1 Å². The molecule has 1 aromatic heterocycles. The maximum Gasteiger partial charge on any atom is 0.273 e. The molecule has 0 radical (unpaired) electrons. The number of likely N-dealkylation sites (tertiary alicyclic amines) is 1. The second kappa shape index (κ2) is 9.29. The fraction of sp³-hybridized carbons (Fsp3) is 0.346. The molecule has 7 nitrogen and oxygen atoms in total. The van der Waals surface area contributed by atoms with Crippen LogP contribution >= 0.6 is 11.3 Å². The van der Waals surface area contributed by atoms with E-state index < -0.39 is 10.0 Å². The van der Waals surface area contributed by atoms with Gasteiger partial charge in [0.1, 0.15) is 9.96 Å². The van der Waals surface area contributed by atoms with Gasteiger partial charge in [0.05, 0.1) is 5.69 Å². The van der Waals surface area contributed by atoms with Crippen LogP contribution in [-0.2, 0) is 14.8 Å². The van der Waals surface area contributed by atoms with Crippen molar-refractivity contribution in [2.24, 2.45) is 0 Å². The van der Waals surface area contributed by atoms with Gasteiger partial charge in [-0.2, -0.15) is 0 Å². The van der Waals surface area contributed by atoms with Gasteiger partial charge in [0.15, 0.2) is 6.61 Å². The zero-order valence-corrected chi connectivity index (χ0v) is 21.7. The Hall–Kier alpha value is -2.88. The number of hydrogen-bond donors (Lipinski definition) is 0. The molecule has 9 heteroatoms. The number of nitrogens with zero attached hydrogens (tertiary/aromatic N) is 3. The van der Waals surface area contributed by atoms with Crippen LogP contribution < -0.4 is 13.9 Å². The minimum atomic E-state index is -3.60. The summed E-state index contributed by atoms with van der Waals surface area (Å²) >= 11 is 1.18. The highest BCUT2D eigenvalue weighted by Crippen LogP contribution is 2.45. The zero-order valence-electron chi connectivity index (χ0n) is 20.0. The summed E-state index contributed by atoms with van der Waals surface area (Å²) in [5, 5.41) is 1.74. The number of hydrogen-bond acceptors (Lipinski definition) is 6. The van der Waals surface area contributed by atoms with E-state index >= 15 is 0 Å². The molecule has 184 valence electrons. The molecule has 2 aromatic carbocycles. The normalized spacial score (nSPS) is 19.8. The van der Waals surface area contributed by atoms with Gasteiger partial charge in [-0.15, -0.1) is 11.3 Å². The lowest BCUT2D eigenvalue weighted by Gasteiger charge is -2.36. The summed E-state index contributed by atoms with van der Waals surface area (Å²) in [5.74, 6) is 0.772. The minimum Gasteiger partial charge on any atom is -0.484 e. The standard InChI is InChI=1S/C26H29N3O4S2/c1-18-6-11-23-21(15-18)22-16-27(2)13-12-24(22)29(23)25(30)17-33-20-9-7-19(8-10-20)28(3)35(31,32)26-5-4-14-34-26/h4-11,14-15,22,24H,12-13,16-17H2,1-3H3/t22-,24-/m1/s1. The molecule has 0 aliphatic carbocycles. The van der Waals surface area contributed by atoms with Crippen LogP contribution in [0.3, 0.4) is 0 Å². The third-order valence-electron chi connectivity index (χ3n) is 6.89. The van der Waals surface area contributed by atoms with E-state index in [0.29, 0.717) is 21.6 Å². The molecule has 1 amide bonds. The van der Waals surface area contributed by atoms with E-state index in [-0.39, 0.29) is 18.6 Å². The first-order chi connectivity index (χ1) is 16.8. The van der Waals surface area contributed by atoms with Crippen LogP contribution in [0.5, 0.6) is 5.75 Å². The Labute approximate surface area is 210 Å². The smallest absolute Gasteiger partial charge is 0.273 e. The number of benzene rings is 2. The summed E-state index contributed by atoms with van der Waals surface area (Å²) in [4.78, 5) is 17.6. The highest BCUT2D eigenvalue weighted by molar-refractivity contribution is 7.94. The topological polar surface area (TPSA) is 70.2 Å². The average molecular weight is 512 g/mol. The highest BCUT2D eigenvalue weighted by atomic mass is 32.2. The molecule has 3 aromatic rings. The Morgan fingerprint density at radius 3 is 2.66 bits per heavy atom. The fourth-order valence-electron chi connectivity index (χ4n) is 5.06. The van der Waals surface area contributed by atoms with Crippen molar-refractivity contribution in [1.29, 1.82) is 0 Å². The number of aryl methyl sites for hydroxylation is 1. The van der Waals surface area contributed by atoms with Crippen LogP contribution in [0.25, 0.3) is 0 Å². The minimum absolute atomic E-state index is 0.0615. The molecular formula is C26H29N3O4S2. The number of carbonyl (C=O) groups is 1. The number of amides is 1. The molecule has 1 fully saturated rings. The van der Waals surface area contributed by atoms with E-state index in [1.165, 1.54) is 33.8 Å². The Balaban J connectivity index is 1.28. The first-order valence-corrected chi connectivity index (χ1v) is 13.9. The number of fused-ring (bicyclic) bond motifs is 3. The van der Waals surface area contributed by atoms with Crippen molar-refractivity contribution in [3.8, 4) is 5.75 Å². The molecular weight excluding hydrogens is 482 g/mol. The molecule has 2 atom stereocenters. The second-order valence-electron chi connectivity index (χ2n) is 9.24. The number of likely N-dealkylation sites (N-methyl/N-ethyl adjacent to an activating group) is 1. The van der Waals surface area contributed by atoms with Gasteiger partial charge in [-0.25, -0.2) is 8.42 Å². The van der Waals surface area contributed by atoms with E-state index in [1.54, 1.807) is 41.8 Å². The molecule has 0 unspecified atom stereocenters. The molecule has 0 saturated carbocycles. The van der Waals surface area contributed by atoms with E-state index in [2.05, 4.69) is 37.1 Å². The van der Waals surface area contributed by atoms with Gasteiger partial charge in [0.25, 0.3) is 15.9 Å². The number of rotatable bonds is 6. The highest BCUT2D eigenvalue weighted by Gasteiger charge is 2.43. The van der Waals surface area contributed by atoms with E-state index in [0.717, 1.165) is 25.2 Å². The number of anilines is 2. The number of ether oxygens (including phenoxy) is 1. The summed E-state index contributed by atoms with van der Waals surface area (Å²) < 4.78 is 32.9. The third kappa shape index (κ3) is 4.44. The molecule has 2 aliphatic heterocycles. The van der Waals surface area contributed by atoms with Gasteiger partial charge in [0, 0.05) is 31.2 Å². The number of thiophene rings is 1. The summed E-state index contributed by atoms with van der Waals surface area (Å²) in [5.41, 5.74) is 3.96. The van der Waals surface area contributed by atoms with Crippen molar-refractivity contribution in [3.63, 3.8) is 0 Å². The lowest BCUT2D eigenvalue weighted by Crippen LogP contribution is -2.48. The van der Waals surface area contributed by atoms with Gasteiger partial charge in [-0.1, -0.05) is 23.8 Å². The molecule has 0 N–H and O–H groups in total. The van der Waals surface area contributed by atoms with Gasteiger partial charge in [0.2, 0.25) is 0 Å². The fourth-order valence-corrected chi connectivity index (χ4v) is 7.41. The molecule has 2 aliphatic rings. The first-order valence-electron chi connectivity index (χ1n) is 11.6. The molecule has 1 saturated heterocycles. The SMILES string of the molecule is Cc1ccc2c(c1)[C@H]1CN(C)CC[C@H]1N2C(=O)COc1ccc(N(C)S(=O)(=O)c2cccs2)cc1. The predicted octanol–water partition coefficient (Wildman–Crippen LogP) is 4.09. The molecule has 0 spiro atoms. The summed E-state index contributed by atoms with van der Waals surface area (Å²) in [6, 6.07) is 16.5. The summed E-state index contributed by atoms with van der Waals surface area (Å²) in [6.07, 6.45) is 0.931. The second-order valence-corrected chi connectivity index (χ2v) is 12.4. The average Bonchev–Trinajstić information content (AvgIpc) is 3.50. The zero-order chi connectivity index (χ0) is 24.7. The monoisotopic (exact) mass is 511 g/mol. The maximum absolute atomic E-state index is 13.3. The first kappa shape index (κ1) is 23.8. The quantitative estimate of drug-likeness (QED) is 0.499. The van der Waals surface area contributed by atoms with Crippen LogP contribution in [0.4, 0.5) is 11.4 Å². The van der Waals surface area contributed by atoms with Gasteiger partial charge in [-0.3, -0.25) is 9.10 Å². The predicted molar refractivity (Wildman–Crippen MR) is 139 cm³/mol. The van der Waals surface area contributed by atoms with E-state index in [1.807, 2.05) is 4.90 Å². The molecule has 3 heterocycles. The summed E-state index contributed by atoms with van der Waals surface area (Å²) in [7, 11) is 0.0594. The molecule has 5 rings (SSSR count). The van der Waals surface area contributed by atoms with Crippen LogP contribution in [0.15, 0.2) is 64.2 Å². The van der Waals surface area contributed by atoms with Gasteiger partial charge in [-0.05, 0) is 74.3 Å². The Kier molecular flexibility index (Phi) is 6.33. The third-order valence-corrected chi connectivity index (χ3v) is 10.1. The Morgan fingerprint density at radius 2 is 1.94 bits per heavy atom. The largest absolute Gasteiger partial charge is 0.484 e. The van der Waals surface area contributed by atoms with Crippen LogP contribution in [0, 0.1) is 6.92 Å². The summed E-state index contributed by atoms with van der Waals surface area (Å²) in [6.45, 7) is 3.91. The lowest BCUT2D eigenvalue weighted by molar-refractivity contribution is -0.121. The Bertz CT molecular complexity index is 1320. The number of piperidine rings is 1. The van der Waals surface area contributed by atoms with E-state index in [4.69, 9.17) is 4.74 Å². The van der Waals surface area contributed by atoms with E-state index in [9.17, 15) is 13.2 Å². The maximum atomic E-state index is 13.3. The number of sulfonamides is 1. The van der Waals surface area contributed by atoms with Crippen molar-refractivity contribution in [3.05, 3.63) is 71.1 Å². The van der Waals surface area contributed by atoms with Gasteiger partial charge >= 0.3 is 0 Å². The van der Waals surface area contributed by atoms with Gasteiger partial charge < -0.3 is 14.5 Å². The van der Waals surface area contributed by atoms with Crippen LogP contribution in [0.1, 0.15) is 23.5 Å². The van der Waals surface area contributed by atoms with Crippen molar-refractivity contribution >= 4 is 38.6 Å². The van der Waals surface area contributed by atoms with Crippen molar-refractivity contribution in [1.82, 2.24) is 4.90 Å². The van der Waals surface area contributed by atoms with Crippen molar-refractivity contribution < 1.29 is 17.9 Å². The molecule has 0 bridgehead atoms. The number of carbonyl (C=O) groups excluding carboxylic acids is 1.